The monoisotopic (exact) mass is 508 g/mol. The molecule has 0 heterocycles. The SMILES string of the molecule is CCCCCc1ccc2c(OCC(C)C(=O)OCC)c3ccccc3c(OCC(C)C(=O)OCC)c2c1. The molecule has 0 N–H and O–H groups in total. The van der Waals surface area contributed by atoms with E-state index in [0.717, 1.165) is 46.6 Å². The molecule has 0 saturated heterocycles. The molecule has 2 atom stereocenters. The molecule has 200 valence electrons. The lowest BCUT2D eigenvalue weighted by Crippen LogP contribution is -2.22. The molecule has 2 unspecified atom stereocenters. The van der Waals surface area contributed by atoms with E-state index < -0.39 is 11.8 Å². The van der Waals surface area contributed by atoms with Crippen LogP contribution in [-0.4, -0.2) is 38.4 Å². The van der Waals surface area contributed by atoms with Crippen molar-refractivity contribution in [3.63, 3.8) is 0 Å². The first-order chi connectivity index (χ1) is 17.9. The topological polar surface area (TPSA) is 71.1 Å². The van der Waals surface area contributed by atoms with Gasteiger partial charge in [0.1, 0.15) is 24.7 Å². The van der Waals surface area contributed by atoms with Crippen LogP contribution in [0.2, 0.25) is 0 Å². The smallest absolute Gasteiger partial charge is 0.312 e. The third-order valence-corrected chi connectivity index (χ3v) is 6.39. The van der Waals surface area contributed by atoms with Crippen molar-refractivity contribution < 1.29 is 28.5 Å². The predicted octanol–water partition coefficient (Wildman–Crippen LogP) is 6.88. The normalized spacial score (nSPS) is 12.8. The molecule has 6 heteroatoms. The number of esters is 2. The Bertz CT molecular complexity index is 1200. The summed E-state index contributed by atoms with van der Waals surface area (Å²) < 4.78 is 23.0. The standard InChI is InChI=1S/C31H40O6/c1-6-9-10-13-23-16-17-26-27(18-23)29(37-20-22(5)31(33)35-8-3)25-15-12-11-14-24(25)28(26)36-19-21(4)30(32)34-7-2/h11-12,14-18,21-22H,6-10,13,19-20H2,1-5H3. The van der Waals surface area contributed by atoms with E-state index in [9.17, 15) is 9.59 Å². The lowest BCUT2D eigenvalue weighted by Gasteiger charge is -2.20. The summed E-state index contributed by atoms with van der Waals surface area (Å²) in [7, 11) is 0. The van der Waals surface area contributed by atoms with E-state index in [1.807, 2.05) is 38.1 Å². The van der Waals surface area contributed by atoms with Crippen molar-refractivity contribution in [1.29, 1.82) is 0 Å². The molecule has 3 rings (SSSR count). The fourth-order valence-corrected chi connectivity index (χ4v) is 4.31. The van der Waals surface area contributed by atoms with Crippen molar-refractivity contribution in [3.05, 3.63) is 48.0 Å². The lowest BCUT2D eigenvalue weighted by molar-refractivity contribution is -0.149. The fourth-order valence-electron chi connectivity index (χ4n) is 4.31. The summed E-state index contributed by atoms with van der Waals surface area (Å²) in [5, 5.41) is 3.63. The van der Waals surface area contributed by atoms with Crippen molar-refractivity contribution in [2.24, 2.45) is 11.8 Å². The Morgan fingerprint density at radius 2 is 1.22 bits per heavy atom. The van der Waals surface area contributed by atoms with Crippen LogP contribution >= 0.6 is 0 Å². The van der Waals surface area contributed by atoms with E-state index >= 15 is 0 Å². The molecule has 0 amide bonds. The van der Waals surface area contributed by atoms with Gasteiger partial charge in [-0.2, -0.15) is 0 Å². The average molecular weight is 509 g/mol. The highest BCUT2D eigenvalue weighted by atomic mass is 16.5. The Morgan fingerprint density at radius 3 is 1.73 bits per heavy atom. The maximum Gasteiger partial charge on any atom is 0.312 e. The van der Waals surface area contributed by atoms with Crippen LogP contribution < -0.4 is 9.47 Å². The van der Waals surface area contributed by atoms with Gasteiger partial charge in [0.25, 0.3) is 0 Å². The average Bonchev–Trinajstić information content (AvgIpc) is 2.90. The summed E-state index contributed by atoms with van der Waals surface area (Å²) in [5.74, 6) is 0.0929. The fraction of sp³-hybridized carbons (Fsp3) is 0.484. The Labute approximate surface area is 220 Å². The maximum absolute atomic E-state index is 12.2. The van der Waals surface area contributed by atoms with Gasteiger partial charge in [-0.15, -0.1) is 0 Å². The zero-order valence-corrected chi connectivity index (χ0v) is 22.8. The van der Waals surface area contributed by atoms with E-state index in [1.54, 1.807) is 13.8 Å². The van der Waals surface area contributed by atoms with Crippen LogP contribution in [0.4, 0.5) is 0 Å². The second-order valence-electron chi connectivity index (χ2n) is 9.47. The minimum atomic E-state index is -0.400. The molecular formula is C31H40O6. The number of hydrogen-bond acceptors (Lipinski definition) is 6. The van der Waals surface area contributed by atoms with Gasteiger partial charge in [0.05, 0.1) is 25.0 Å². The summed E-state index contributed by atoms with van der Waals surface area (Å²) in [5.41, 5.74) is 1.23. The number of carbonyl (C=O) groups is 2. The number of benzene rings is 3. The number of carbonyl (C=O) groups excluding carboxylic acids is 2. The molecule has 0 bridgehead atoms. The molecule has 0 aliphatic heterocycles. The molecule has 0 saturated carbocycles. The molecular weight excluding hydrogens is 468 g/mol. The van der Waals surface area contributed by atoms with E-state index in [0.29, 0.717) is 19.0 Å². The predicted molar refractivity (Wildman–Crippen MR) is 147 cm³/mol. The molecule has 37 heavy (non-hydrogen) atoms. The van der Waals surface area contributed by atoms with Crippen LogP contribution in [0.1, 0.15) is 59.4 Å². The quantitative estimate of drug-likeness (QED) is 0.134. The third kappa shape index (κ3) is 7.15. The van der Waals surface area contributed by atoms with Crippen molar-refractivity contribution in [1.82, 2.24) is 0 Å². The second kappa shape index (κ2) is 13.9. The molecule has 0 aliphatic rings. The molecule has 0 fully saturated rings. The number of ether oxygens (including phenoxy) is 4. The van der Waals surface area contributed by atoms with Crippen molar-refractivity contribution in [3.8, 4) is 11.5 Å². The minimum absolute atomic E-state index is 0.205. The minimum Gasteiger partial charge on any atom is -0.491 e. The van der Waals surface area contributed by atoms with Crippen molar-refractivity contribution in [2.45, 2.75) is 60.3 Å². The maximum atomic E-state index is 12.2. The number of aryl methyl sites for hydroxylation is 1. The van der Waals surface area contributed by atoms with E-state index in [4.69, 9.17) is 18.9 Å². The van der Waals surface area contributed by atoms with Gasteiger partial charge in [0.2, 0.25) is 0 Å². The van der Waals surface area contributed by atoms with Crippen LogP contribution in [0.5, 0.6) is 11.5 Å². The van der Waals surface area contributed by atoms with Crippen molar-refractivity contribution in [2.75, 3.05) is 26.4 Å². The third-order valence-electron chi connectivity index (χ3n) is 6.39. The number of fused-ring (bicyclic) bond motifs is 2. The summed E-state index contributed by atoms with van der Waals surface area (Å²) >= 11 is 0. The van der Waals surface area contributed by atoms with Crippen LogP contribution in [0.3, 0.4) is 0 Å². The van der Waals surface area contributed by atoms with E-state index in [1.165, 1.54) is 12.0 Å². The summed E-state index contributed by atoms with van der Waals surface area (Å²) in [6.07, 6.45) is 4.43. The van der Waals surface area contributed by atoms with Crippen LogP contribution in [0, 0.1) is 11.8 Å². The number of unbranched alkanes of at least 4 members (excludes halogenated alkanes) is 2. The van der Waals surface area contributed by atoms with E-state index in [-0.39, 0.29) is 25.2 Å². The largest absolute Gasteiger partial charge is 0.491 e. The first kappa shape index (κ1) is 28.3. The molecule has 6 nitrogen and oxygen atoms in total. The Kier molecular flexibility index (Phi) is 10.6. The van der Waals surface area contributed by atoms with Gasteiger partial charge in [-0.05, 0) is 52.2 Å². The van der Waals surface area contributed by atoms with Gasteiger partial charge in [-0.25, -0.2) is 0 Å². The zero-order chi connectivity index (χ0) is 26.8. The first-order valence-corrected chi connectivity index (χ1v) is 13.5. The van der Waals surface area contributed by atoms with Crippen LogP contribution in [0.15, 0.2) is 42.5 Å². The Hall–Kier alpha value is -3.28. The highest BCUT2D eigenvalue weighted by molar-refractivity contribution is 6.11. The Balaban J connectivity index is 2.07. The van der Waals surface area contributed by atoms with Crippen molar-refractivity contribution >= 4 is 33.5 Å². The second-order valence-corrected chi connectivity index (χ2v) is 9.47. The number of hydrogen-bond donors (Lipinski definition) is 0. The Morgan fingerprint density at radius 1 is 0.703 bits per heavy atom. The highest BCUT2D eigenvalue weighted by Crippen LogP contribution is 2.43. The van der Waals surface area contributed by atoms with Gasteiger partial charge in [-0.3, -0.25) is 9.59 Å². The molecule has 0 aliphatic carbocycles. The van der Waals surface area contributed by atoms with E-state index in [2.05, 4.69) is 25.1 Å². The van der Waals surface area contributed by atoms with Gasteiger partial charge in [-0.1, -0.05) is 56.2 Å². The van der Waals surface area contributed by atoms with Crippen LogP contribution in [0.25, 0.3) is 21.5 Å². The molecule has 3 aromatic rings. The van der Waals surface area contributed by atoms with Gasteiger partial charge >= 0.3 is 11.9 Å². The molecule has 3 aromatic carbocycles. The molecule has 0 spiro atoms. The number of rotatable bonds is 14. The van der Waals surface area contributed by atoms with Gasteiger partial charge < -0.3 is 18.9 Å². The summed E-state index contributed by atoms with van der Waals surface area (Å²) in [6, 6.07) is 14.3. The van der Waals surface area contributed by atoms with Gasteiger partial charge in [0.15, 0.2) is 0 Å². The lowest BCUT2D eigenvalue weighted by atomic mass is 9.97. The summed E-state index contributed by atoms with van der Waals surface area (Å²) in [4.78, 5) is 24.4. The van der Waals surface area contributed by atoms with Crippen LogP contribution in [-0.2, 0) is 25.5 Å². The first-order valence-electron chi connectivity index (χ1n) is 13.5. The highest BCUT2D eigenvalue weighted by Gasteiger charge is 2.21. The molecule has 0 aromatic heterocycles. The molecule has 0 radical (unpaired) electrons. The van der Waals surface area contributed by atoms with Gasteiger partial charge in [0, 0.05) is 21.5 Å². The zero-order valence-electron chi connectivity index (χ0n) is 22.8. The summed E-state index contributed by atoms with van der Waals surface area (Å²) in [6.45, 7) is 10.5.